The molecule has 3 rings (SSSR count). The zero-order valence-electron chi connectivity index (χ0n) is 17.0. The molecule has 1 aliphatic heterocycles. The fraction of sp³-hybridized carbons (Fsp3) is 0.391. The highest BCUT2D eigenvalue weighted by Gasteiger charge is 2.51. The number of carbonyl (C=O) groups excluding carboxylic acids is 2. The monoisotopic (exact) mass is 398 g/mol. The van der Waals surface area contributed by atoms with Crippen LogP contribution in [0.3, 0.4) is 0 Å². The molecule has 5 nitrogen and oxygen atoms in total. The van der Waals surface area contributed by atoms with Crippen molar-refractivity contribution in [2.45, 2.75) is 44.8 Å². The Bertz CT molecular complexity index is 854. The van der Waals surface area contributed by atoms with E-state index < -0.39 is 5.82 Å². The molecule has 1 fully saturated rings. The number of aliphatic hydroxyl groups is 1. The smallest absolute Gasteiger partial charge is 0.254 e. The Labute approximate surface area is 170 Å². The summed E-state index contributed by atoms with van der Waals surface area (Å²) in [6.07, 6.45) is 0. The van der Waals surface area contributed by atoms with Crippen LogP contribution in [0.5, 0.6) is 0 Å². The van der Waals surface area contributed by atoms with E-state index in [4.69, 9.17) is 0 Å². The van der Waals surface area contributed by atoms with Crippen LogP contribution >= 0.6 is 0 Å². The number of likely N-dealkylation sites (tertiary alicyclic amines) is 1. The predicted octanol–water partition coefficient (Wildman–Crippen LogP) is 3.05. The molecule has 6 heteroatoms. The standard InChI is InChI=1S/C23H27FN2O3/c1-15(2)25(23(29)18-9-11-19(24)12-10-18)13-20-22(17-7-5-4-6-8-17)21(14-27)26(20)16(3)28/h4-12,15,20-22,27H,13-14H2,1-3H3/t20-,21+,22+/m0/s1. The molecule has 1 heterocycles. The number of nitrogens with zero attached hydrogens (tertiary/aromatic N) is 2. The minimum Gasteiger partial charge on any atom is -0.394 e. The first-order valence-electron chi connectivity index (χ1n) is 9.86. The zero-order chi connectivity index (χ0) is 21.1. The van der Waals surface area contributed by atoms with Crippen LogP contribution < -0.4 is 0 Å². The van der Waals surface area contributed by atoms with Crippen molar-refractivity contribution in [3.05, 3.63) is 71.5 Å². The summed E-state index contributed by atoms with van der Waals surface area (Å²) in [5, 5.41) is 9.90. The molecule has 3 atom stereocenters. The van der Waals surface area contributed by atoms with Gasteiger partial charge in [0, 0.05) is 31.0 Å². The van der Waals surface area contributed by atoms with Crippen LogP contribution in [0.2, 0.25) is 0 Å². The van der Waals surface area contributed by atoms with Gasteiger partial charge in [-0.15, -0.1) is 0 Å². The lowest BCUT2D eigenvalue weighted by molar-refractivity contribution is -0.149. The van der Waals surface area contributed by atoms with E-state index in [-0.39, 0.29) is 42.5 Å². The third kappa shape index (κ3) is 4.17. The molecule has 1 saturated heterocycles. The van der Waals surface area contributed by atoms with Gasteiger partial charge in [-0.1, -0.05) is 30.3 Å². The lowest BCUT2D eigenvalue weighted by atomic mass is 9.74. The predicted molar refractivity (Wildman–Crippen MR) is 109 cm³/mol. The molecule has 1 aliphatic rings. The summed E-state index contributed by atoms with van der Waals surface area (Å²) >= 11 is 0. The zero-order valence-corrected chi connectivity index (χ0v) is 17.0. The number of hydrogen-bond acceptors (Lipinski definition) is 3. The van der Waals surface area contributed by atoms with Gasteiger partial charge < -0.3 is 14.9 Å². The van der Waals surface area contributed by atoms with Crippen LogP contribution in [0.1, 0.15) is 42.6 Å². The molecule has 0 aliphatic carbocycles. The number of hydrogen-bond donors (Lipinski definition) is 1. The Kier molecular flexibility index (Phi) is 6.33. The first-order valence-corrected chi connectivity index (χ1v) is 9.86. The average Bonchev–Trinajstić information content (AvgIpc) is 2.68. The van der Waals surface area contributed by atoms with Gasteiger partial charge in [0.05, 0.1) is 18.7 Å². The number of amides is 2. The molecule has 154 valence electrons. The quantitative estimate of drug-likeness (QED) is 0.814. The number of benzene rings is 2. The summed E-state index contributed by atoms with van der Waals surface area (Å²) < 4.78 is 13.3. The second kappa shape index (κ2) is 8.74. The lowest BCUT2D eigenvalue weighted by Gasteiger charge is -2.56. The second-order valence-electron chi connectivity index (χ2n) is 7.74. The summed E-state index contributed by atoms with van der Waals surface area (Å²) in [5.41, 5.74) is 1.44. The number of halogens is 1. The maximum Gasteiger partial charge on any atom is 0.254 e. The molecular weight excluding hydrogens is 371 g/mol. The van der Waals surface area contributed by atoms with Crippen molar-refractivity contribution in [2.24, 2.45) is 0 Å². The maximum atomic E-state index is 13.3. The maximum absolute atomic E-state index is 13.3. The SMILES string of the molecule is CC(=O)N1[C@H](CO)[C@H](c2ccccc2)[C@@H]1CN(C(=O)c1ccc(F)cc1)C(C)C. The Morgan fingerprint density at radius 2 is 1.69 bits per heavy atom. The molecular formula is C23H27FN2O3. The Morgan fingerprint density at radius 1 is 1.07 bits per heavy atom. The topological polar surface area (TPSA) is 60.9 Å². The molecule has 2 amide bonds. The molecule has 0 spiro atoms. The van der Waals surface area contributed by atoms with Crippen molar-refractivity contribution >= 4 is 11.8 Å². The molecule has 0 bridgehead atoms. The van der Waals surface area contributed by atoms with E-state index in [0.717, 1.165) is 5.56 Å². The van der Waals surface area contributed by atoms with Gasteiger partial charge in [-0.2, -0.15) is 0 Å². The van der Waals surface area contributed by atoms with E-state index in [0.29, 0.717) is 12.1 Å². The van der Waals surface area contributed by atoms with E-state index in [1.54, 1.807) is 9.80 Å². The Morgan fingerprint density at radius 3 is 2.21 bits per heavy atom. The van der Waals surface area contributed by atoms with Crippen molar-refractivity contribution in [3.63, 3.8) is 0 Å². The van der Waals surface area contributed by atoms with Crippen molar-refractivity contribution in [1.82, 2.24) is 9.80 Å². The van der Waals surface area contributed by atoms with Crippen LogP contribution in [0.15, 0.2) is 54.6 Å². The van der Waals surface area contributed by atoms with E-state index in [1.165, 1.54) is 31.2 Å². The second-order valence-corrected chi connectivity index (χ2v) is 7.74. The normalized spacial score (nSPS) is 21.0. The molecule has 2 aromatic rings. The van der Waals surface area contributed by atoms with Crippen LogP contribution in [-0.4, -0.2) is 58.0 Å². The number of carbonyl (C=O) groups is 2. The third-order valence-electron chi connectivity index (χ3n) is 5.64. The average molecular weight is 398 g/mol. The van der Waals surface area contributed by atoms with Gasteiger partial charge in [0.1, 0.15) is 5.82 Å². The van der Waals surface area contributed by atoms with Crippen molar-refractivity contribution < 1.29 is 19.1 Å². The van der Waals surface area contributed by atoms with E-state index in [9.17, 15) is 19.1 Å². The Balaban J connectivity index is 1.90. The highest BCUT2D eigenvalue weighted by atomic mass is 19.1. The van der Waals surface area contributed by atoms with Crippen LogP contribution in [0.25, 0.3) is 0 Å². The largest absolute Gasteiger partial charge is 0.394 e. The fourth-order valence-electron chi connectivity index (χ4n) is 4.22. The van der Waals surface area contributed by atoms with Gasteiger partial charge in [0.2, 0.25) is 5.91 Å². The van der Waals surface area contributed by atoms with Gasteiger partial charge in [0.25, 0.3) is 5.91 Å². The minimum atomic E-state index is -0.394. The summed E-state index contributed by atoms with van der Waals surface area (Å²) in [4.78, 5) is 28.8. The Hall–Kier alpha value is -2.73. The summed E-state index contributed by atoms with van der Waals surface area (Å²) in [6.45, 7) is 5.52. The van der Waals surface area contributed by atoms with Gasteiger partial charge in [-0.05, 0) is 43.7 Å². The number of rotatable bonds is 6. The number of aliphatic hydroxyl groups excluding tert-OH is 1. The van der Waals surface area contributed by atoms with Crippen LogP contribution in [0.4, 0.5) is 4.39 Å². The molecule has 29 heavy (non-hydrogen) atoms. The van der Waals surface area contributed by atoms with E-state index in [1.807, 2.05) is 44.2 Å². The summed E-state index contributed by atoms with van der Waals surface area (Å²) in [7, 11) is 0. The molecule has 2 aromatic carbocycles. The highest BCUT2D eigenvalue weighted by molar-refractivity contribution is 5.94. The molecule has 0 unspecified atom stereocenters. The third-order valence-corrected chi connectivity index (χ3v) is 5.64. The fourth-order valence-corrected chi connectivity index (χ4v) is 4.22. The van der Waals surface area contributed by atoms with Gasteiger partial charge in [0.15, 0.2) is 0 Å². The van der Waals surface area contributed by atoms with Crippen LogP contribution in [-0.2, 0) is 4.79 Å². The summed E-state index contributed by atoms with van der Waals surface area (Å²) in [5.74, 6) is -0.788. The van der Waals surface area contributed by atoms with Gasteiger partial charge in [-0.3, -0.25) is 9.59 Å². The van der Waals surface area contributed by atoms with E-state index in [2.05, 4.69) is 0 Å². The van der Waals surface area contributed by atoms with Crippen molar-refractivity contribution in [3.8, 4) is 0 Å². The van der Waals surface area contributed by atoms with Gasteiger partial charge >= 0.3 is 0 Å². The van der Waals surface area contributed by atoms with Crippen LogP contribution in [0, 0.1) is 5.82 Å². The minimum absolute atomic E-state index is 0.0626. The molecule has 1 N–H and O–H groups in total. The molecule has 0 radical (unpaired) electrons. The van der Waals surface area contributed by atoms with Crippen molar-refractivity contribution in [2.75, 3.05) is 13.2 Å². The van der Waals surface area contributed by atoms with Crippen molar-refractivity contribution in [1.29, 1.82) is 0 Å². The highest BCUT2D eigenvalue weighted by Crippen LogP contribution is 2.41. The van der Waals surface area contributed by atoms with E-state index >= 15 is 0 Å². The first kappa shape index (κ1) is 21.0. The molecule has 0 aromatic heterocycles. The van der Waals surface area contributed by atoms with Gasteiger partial charge in [-0.25, -0.2) is 4.39 Å². The lowest BCUT2D eigenvalue weighted by Crippen LogP contribution is -2.68. The first-order chi connectivity index (χ1) is 13.8. The molecule has 0 saturated carbocycles. The summed E-state index contributed by atoms with van der Waals surface area (Å²) in [6, 6.07) is 14.6.